The fourth-order valence-corrected chi connectivity index (χ4v) is 7.61. The number of amides is 2. The summed E-state index contributed by atoms with van der Waals surface area (Å²) in [7, 11) is 0. The normalized spacial score (nSPS) is 20.3. The maximum absolute atomic E-state index is 14.0. The van der Waals surface area contributed by atoms with Crippen LogP contribution >= 0.6 is 0 Å². The number of nitrogens with zero attached hydrogens (tertiary/aromatic N) is 2. The van der Waals surface area contributed by atoms with Crippen LogP contribution in [0.4, 0.5) is 11.4 Å². The molecule has 2 amide bonds. The predicted molar refractivity (Wildman–Crippen MR) is 186 cm³/mol. The number of carbonyl (C=O) groups excluding carboxylic acids is 4. The van der Waals surface area contributed by atoms with E-state index in [9.17, 15) is 24.3 Å². The summed E-state index contributed by atoms with van der Waals surface area (Å²) in [5.74, 6) is -0.924. The zero-order valence-corrected chi connectivity index (χ0v) is 28.4. The van der Waals surface area contributed by atoms with Crippen molar-refractivity contribution < 1.29 is 24.3 Å². The number of aliphatic hydroxyl groups is 1. The quantitative estimate of drug-likeness (QED) is 0.208. The lowest BCUT2D eigenvalue weighted by Crippen LogP contribution is -2.34. The molecule has 9 nitrogen and oxygen atoms in total. The molecule has 0 radical (unpaired) electrons. The highest BCUT2D eigenvalue weighted by atomic mass is 16.3. The van der Waals surface area contributed by atoms with E-state index in [1.54, 1.807) is 12.1 Å². The number of likely N-dealkylation sites (N-methyl/N-ethyl adjacent to an activating group) is 1. The first-order chi connectivity index (χ1) is 22.7. The van der Waals surface area contributed by atoms with Crippen molar-refractivity contribution in [3.8, 4) is 0 Å². The molecule has 0 aromatic heterocycles. The highest BCUT2D eigenvalue weighted by Crippen LogP contribution is 2.44. The Balaban J connectivity index is 1.52. The number of Topliss-reactive ketones (excluding diaryl/α,β-unsaturated/α-hetero) is 1. The summed E-state index contributed by atoms with van der Waals surface area (Å²) in [5.41, 5.74) is 2.58. The van der Waals surface area contributed by atoms with Crippen LogP contribution in [0.3, 0.4) is 0 Å². The van der Waals surface area contributed by atoms with E-state index >= 15 is 0 Å². The fraction of sp³-hybridized carbons (Fsp3) is 0.526. The van der Waals surface area contributed by atoms with E-state index in [2.05, 4.69) is 29.4 Å². The van der Waals surface area contributed by atoms with Crippen LogP contribution in [0.5, 0.6) is 0 Å². The topological polar surface area (TPSA) is 119 Å². The Morgan fingerprint density at radius 3 is 1.83 bits per heavy atom. The van der Waals surface area contributed by atoms with Crippen LogP contribution < -0.4 is 15.5 Å². The van der Waals surface area contributed by atoms with Crippen LogP contribution in [0.2, 0.25) is 0 Å². The molecule has 2 saturated carbocycles. The summed E-state index contributed by atoms with van der Waals surface area (Å²) in [6.07, 6.45) is 12.5. The second-order valence-corrected chi connectivity index (χ2v) is 13.2. The Bertz CT molecular complexity index is 1530. The molecule has 0 saturated heterocycles. The van der Waals surface area contributed by atoms with Gasteiger partial charge in [-0.25, -0.2) is 0 Å². The molecule has 2 fully saturated rings. The minimum atomic E-state index is -0.497. The van der Waals surface area contributed by atoms with E-state index < -0.39 is 11.6 Å². The van der Waals surface area contributed by atoms with Gasteiger partial charge in [0.1, 0.15) is 5.76 Å². The van der Waals surface area contributed by atoms with E-state index in [0.717, 1.165) is 70.1 Å². The Morgan fingerprint density at radius 2 is 1.30 bits per heavy atom. The number of ketones is 2. The summed E-state index contributed by atoms with van der Waals surface area (Å²) in [4.78, 5) is 58.2. The van der Waals surface area contributed by atoms with Crippen LogP contribution in [0.1, 0.15) is 97.5 Å². The van der Waals surface area contributed by atoms with Gasteiger partial charge in [0.2, 0.25) is 17.6 Å². The number of carbonyl (C=O) groups is 4. The molecule has 0 heterocycles. The molecule has 4 aliphatic rings. The van der Waals surface area contributed by atoms with Gasteiger partial charge in [0.15, 0.2) is 5.78 Å². The summed E-state index contributed by atoms with van der Waals surface area (Å²) in [6, 6.07) is 5.49. The van der Waals surface area contributed by atoms with Crippen molar-refractivity contribution in [1.29, 1.82) is 0 Å². The van der Waals surface area contributed by atoms with Gasteiger partial charge in [-0.1, -0.05) is 25.7 Å². The van der Waals surface area contributed by atoms with Crippen LogP contribution in [-0.4, -0.2) is 59.6 Å². The number of benzene rings is 1. The minimum Gasteiger partial charge on any atom is -0.506 e. The minimum absolute atomic E-state index is 0.00138. The maximum Gasteiger partial charge on any atom is 0.224 e. The van der Waals surface area contributed by atoms with Crippen molar-refractivity contribution in [3.05, 3.63) is 64.2 Å². The van der Waals surface area contributed by atoms with Gasteiger partial charge in [-0.3, -0.25) is 19.2 Å². The Labute approximate surface area is 278 Å². The summed E-state index contributed by atoms with van der Waals surface area (Å²) in [5, 5.41) is 17.5. The second-order valence-electron chi connectivity index (χ2n) is 13.2. The van der Waals surface area contributed by atoms with Gasteiger partial charge in [-0.15, -0.1) is 0 Å². The van der Waals surface area contributed by atoms with E-state index in [1.807, 2.05) is 30.9 Å². The molecular formula is C38H50N4O5. The average Bonchev–Trinajstić information content (AvgIpc) is 3.76. The van der Waals surface area contributed by atoms with Crippen LogP contribution in [-0.2, 0) is 19.2 Å². The smallest absolute Gasteiger partial charge is 0.224 e. The molecule has 0 spiro atoms. The third kappa shape index (κ3) is 7.39. The van der Waals surface area contributed by atoms with Crippen molar-refractivity contribution in [2.75, 3.05) is 36.4 Å². The van der Waals surface area contributed by atoms with Gasteiger partial charge in [0, 0.05) is 62.0 Å². The van der Waals surface area contributed by atoms with Crippen LogP contribution in [0.15, 0.2) is 58.7 Å². The SMILES string of the molecule is CCN(CC)C1=CC(=O)C(=C2C(=O)C(c3ccc(N(CC)CC)cc3NC(=O)CC3CCCC3)=C2O)C(NC(=O)CC2CCCC2)=C1. The molecule has 9 heteroatoms. The number of hydrogen-bond donors (Lipinski definition) is 3. The standard InChI is InChI=1S/C38H50N4O5/c1-5-41(6-2)26-17-18-28(29(21-26)39-32(44)19-24-13-9-10-14-24)34-37(46)36(38(34)47)35-30(40-33(45)20-25-15-11-12-16-25)22-27(23-31(35)43)42(7-3)8-4/h17-18,21-25,46H,5-16,19-20H2,1-4H3,(H,39,44)(H,40,45). The van der Waals surface area contributed by atoms with E-state index in [1.165, 1.54) is 6.08 Å². The number of hydrogen-bond acceptors (Lipinski definition) is 7. The number of allylic oxidation sites excluding steroid dienone is 5. The Morgan fingerprint density at radius 1 is 0.745 bits per heavy atom. The highest BCUT2D eigenvalue weighted by molar-refractivity contribution is 6.42. The molecule has 0 unspecified atom stereocenters. The molecule has 252 valence electrons. The van der Waals surface area contributed by atoms with Gasteiger partial charge < -0.3 is 25.5 Å². The van der Waals surface area contributed by atoms with Gasteiger partial charge in [-0.05, 0) is 89.5 Å². The van der Waals surface area contributed by atoms with Gasteiger partial charge in [0.25, 0.3) is 0 Å². The van der Waals surface area contributed by atoms with E-state index in [4.69, 9.17) is 0 Å². The highest BCUT2D eigenvalue weighted by Gasteiger charge is 2.42. The molecule has 0 atom stereocenters. The largest absolute Gasteiger partial charge is 0.506 e. The van der Waals surface area contributed by atoms with Crippen molar-refractivity contribution >= 4 is 40.3 Å². The average molecular weight is 643 g/mol. The number of nitrogens with one attached hydrogen (secondary N) is 2. The van der Waals surface area contributed by atoms with Gasteiger partial charge >= 0.3 is 0 Å². The van der Waals surface area contributed by atoms with Crippen molar-refractivity contribution in [2.24, 2.45) is 11.8 Å². The molecule has 47 heavy (non-hydrogen) atoms. The third-order valence-corrected chi connectivity index (χ3v) is 10.2. The molecule has 1 aromatic carbocycles. The first kappa shape index (κ1) is 34.2. The number of aliphatic hydroxyl groups excluding tert-OH is 1. The van der Waals surface area contributed by atoms with Crippen LogP contribution in [0.25, 0.3) is 5.57 Å². The molecule has 1 aromatic rings. The molecule has 0 bridgehead atoms. The molecule has 0 aliphatic heterocycles. The zero-order valence-electron chi connectivity index (χ0n) is 28.4. The lowest BCUT2D eigenvalue weighted by atomic mass is 9.77. The molecular weight excluding hydrogens is 592 g/mol. The predicted octanol–water partition coefficient (Wildman–Crippen LogP) is 6.59. The summed E-state index contributed by atoms with van der Waals surface area (Å²) in [6.45, 7) is 10.9. The Hall–Kier alpha value is -4.14. The zero-order chi connectivity index (χ0) is 33.7. The number of anilines is 2. The molecule has 5 rings (SSSR count). The first-order valence-corrected chi connectivity index (χ1v) is 17.6. The van der Waals surface area contributed by atoms with Crippen molar-refractivity contribution in [3.63, 3.8) is 0 Å². The molecule has 3 N–H and O–H groups in total. The van der Waals surface area contributed by atoms with Crippen molar-refractivity contribution in [2.45, 2.75) is 91.9 Å². The summed E-state index contributed by atoms with van der Waals surface area (Å²) >= 11 is 0. The fourth-order valence-electron chi connectivity index (χ4n) is 7.61. The molecule has 4 aliphatic carbocycles. The van der Waals surface area contributed by atoms with E-state index in [0.29, 0.717) is 54.7 Å². The first-order valence-electron chi connectivity index (χ1n) is 17.6. The Kier molecular flexibility index (Phi) is 11.0. The van der Waals surface area contributed by atoms with Crippen molar-refractivity contribution in [1.82, 2.24) is 10.2 Å². The van der Waals surface area contributed by atoms with Gasteiger partial charge in [-0.2, -0.15) is 0 Å². The lowest BCUT2D eigenvalue weighted by molar-refractivity contribution is -0.121. The summed E-state index contributed by atoms with van der Waals surface area (Å²) < 4.78 is 0. The monoisotopic (exact) mass is 642 g/mol. The second kappa shape index (κ2) is 15.2. The number of rotatable bonds is 13. The van der Waals surface area contributed by atoms with E-state index in [-0.39, 0.29) is 40.0 Å². The lowest BCUT2D eigenvalue weighted by Gasteiger charge is -2.30. The van der Waals surface area contributed by atoms with Gasteiger partial charge in [0.05, 0.1) is 28.1 Å². The third-order valence-electron chi connectivity index (χ3n) is 10.2. The van der Waals surface area contributed by atoms with Crippen LogP contribution in [0, 0.1) is 11.8 Å². The maximum atomic E-state index is 14.0.